The first-order chi connectivity index (χ1) is 9.43. The first-order valence-electron chi connectivity index (χ1n) is 5.40. The molecule has 0 saturated carbocycles. The lowest BCUT2D eigenvalue weighted by molar-refractivity contribution is -0.385. The van der Waals surface area contributed by atoms with Gasteiger partial charge >= 0.3 is 5.69 Å². The van der Waals surface area contributed by atoms with E-state index in [0.717, 1.165) is 4.68 Å². The van der Waals surface area contributed by atoms with Gasteiger partial charge in [-0.1, -0.05) is 0 Å². The summed E-state index contributed by atoms with van der Waals surface area (Å²) < 4.78 is 1.11. The highest BCUT2D eigenvalue weighted by atomic mass is 35.5. The van der Waals surface area contributed by atoms with E-state index in [2.05, 4.69) is 20.4 Å². The van der Waals surface area contributed by atoms with Crippen LogP contribution in [0.5, 0.6) is 0 Å². The van der Waals surface area contributed by atoms with Gasteiger partial charge in [-0.2, -0.15) is 10.1 Å². The second-order valence-corrected chi connectivity index (χ2v) is 4.07. The van der Waals surface area contributed by atoms with Crippen molar-refractivity contribution in [2.45, 2.75) is 6.92 Å². The number of rotatable bonds is 3. The number of nitrogens with one attached hydrogen (secondary N) is 1. The topological polar surface area (TPSA) is 116 Å². The third-order valence-electron chi connectivity index (χ3n) is 2.46. The lowest BCUT2D eigenvalue weighted by Crippen LogP contribution is -2.18. The van der Waals surface area contributed by atoms with Crippen LogP contribution in [0.25, 0.3) is 5.82 Å². The number of carbonyl (C=O) groups is 1. The van der Waals surface area contributed by atoms with Crippen molar-refractivity contribution in [2.24, 2.45) is 0 Å². The molecular formula is C10H9ClN6O3. The average molecular weight is 297 g/mol. The highest BCUT2D eigenvalue weighted by Gasteiger charge is 2.24. The molecule has 0 aliphatic carbocycles. The summed E-state index contributed by atoms with van der Waals surface area (Å²) >= 11 is 5.71. The van der Waals surface area contributed by atoms with Gasteiger partial charge in [-0.05, 0) is 24.6 Å². The van der Waals surface area contributed by atoms with Crippen LogP contribution >= 0.6 is 11.6 Å². The minimum absolute atomic E-state index is 0.0948. The SMILES string of the molecule is CNC(=O)c1ccn(-c2nc(Cl)nc(C)c2[N+](=O)[O-])n1. The molecule has 0 unspecified atom stereocenters. The van der Waals surface area contributed by atoms with E-state index in [1.165, 1.54) is 26.2 Å². The van der Waals surface area contributed by atoms with Crippen LogP contribution in [0.15, 0.2) is 12.3 Å². The van der Waals surface area contributed by atoms with Crippen molar-refractivity contribution in [2.75, 3.05) is 7.05 Å². The molecule has 0 aliphatic heterocycles. The quantitative estimate of drug-likeness (QED) is 0.511. The van der Waals surface area contributed by atoms with E-state index in [1.54, 1.807) is 0 Å². The summed E-state index contributed by atoms with van der Waals surface area (Å²) in [6.07, 6.45) is 1.38. The van der Waals surface area contributed by atoms with E-state index < -0.39 is 10.8 Å². The highest BCUT2D eigenvalue weighted by molar-refractivity contribution is 6.28. The molecule has 2 aromatic rings. The number of hydrogen-bond donors (Lipinski definition) is 1. The first-order valence-corrected chi connectivity index (χ1v) is 5.78. The van der Waals surface area contributed by atoms with Crippen molar-refractivity contribution < 1.29 is 9.72 Å². The molecule has 0 aliphatic rings. The Balaban J connectivity index is 2.60. The Morgan fingerprint density at radius 2 is 2.20 bits per heavy atom. The van der Waals surface area contributed by atoms with Gasteiger partial charge in [0, 0.05) is 13.2 Å². The van der Waals surface area contributed by atoms with Crippen LogP contribution in [-0.2, 0) is 0 Å². The Hall–Kier alpha value is -2.55. The average Bonchev–Trinajstić information content (AvgIpc) is 2.85. The Kier molecular flexibility index (Phi) is 3.61. The smallest absolute Gasteiger partial charge is 0.334 e. The summed E-state index contributed by atoms with van der Waals surface area (Å²) in [6.45, 7) is 1.44. The molecule has 9 nitrogen and oxygen atoms in total. The summed E-state index contributed by atoms with van der Waals surface area (Å²) in [5, 5.41) is 17.3. The lowest BCUT2D eigenvalue weighted by Gasteiger charge is -2.04. The number of carbonyl (C=O) groups excluding carboxylic acids is 1. The molecule has 0 fully saturated rings. The van der Waals surface area contributed by atoms with E-state index in [4.69, 9.17) is 11.6 Å². The van der Waals surface area contributed by atoms with Gasteiger partial charge in [0.1, 0.15) is 5.69 Å². The fraction of sp³-hybridized carbons (Fsp3) is 0.200. The van der Waals surface area contributed by atoms with Crippen LogP contribution in [0.2, 0.25) is 5.28 Å². The van der Waals surface area contributed by atoms with Crippen LogP contribution in [0.4, 0.5) is 5.69 Å². The molecule has 10 heteroatoms. The zero-order valence-corrected chi connectivity index (χ0v) is 11.2. The standard InChI is InChI=1S/C10H9ClN6O3/c1-5-7(17(19)20)8(14-10(11)13-5)16-4-3-6(15-16)9(18)12-2/h3-4H,1-2H3,(H,12,18). The maximum Gasteiger partial charge on any atom is 0.334 e. The largest absolute Gasteiger partial charge is 0.354 e. The van der Waals surface area contributed by atoms with Crippen LogP contribution in [-0.4, -0.2) is 37.6 Å². The fourth-order valence-electron chi connectivity index (χ4n) is 1.58. The van der Waals surface area contributed by atoms with E-state index in [9.17, 15) is 14.9 Å². The molecule has 2 rings (SSSR count). The molecule has 104 valence electrons. The molecular weight excluding hydrogens is 288 g/mol. The summed E-state index contributed by atoms with van der Waals surface area (Å²) in [5.74, 6) is -0.508. The van der Waals surface area contributed by atoms with Crippen LogP contribution in [0.1, 0.15) is 16.2 Å². The van der Waals surface area contributed by atoms with Crippen molar-refractivity contribution >= 4 is 23.2 Å². The minimum Gasteiger partial charge on any atom is -0.354 e. The second-order valence-electron chi connectivity index (χ2n) is 3.73. The van der Waals surface area contributed by atoms with Crippen LogP contribution < -0.4 is 5.32 Å². The molecule has 0 saturated heterocycles. The molecule has 0 radical (unpaired) electrons. The number of nitrogens with zero attached hydrogens (tertiary/aromatic N) is 5. The minimum atomic E-state index is -0.623. The lowest BCUT2D eigenvalue weighted by atomic mass is 10.3. The fourth-order valence-corrected chi connectivity index (χ4v) is 1.79. The Labute approximate surface area is 117 Å². The number of amides is 1. The normalized spacial score (nSPS) is 10.3. The van der Waals surface area contributed by atoms with Crippen molar-refractivity contribution in [3.63, 3.8) is 0 Å². The van der Waals surface area contributed by atoms with Gasteiger partial charge < -0.3 is 5.32 Å². The van der Waals surface area contributed by atoms with Gasteiger partial charge in [0.2, 0.25) is 11.1 Å². The number of halogens is 1. The third kappa shape index (κ3) is 2.43. The van der Waals surface area contributed by atoms with Crippen molar-refractivity contribution in [3.8, 4) is 5.82 Å². The summed E-state index contributed by atoms with van der Waals surface area (Å²) in [4.78, 5) is 29.4. The van der Waals surface area contributed by atoms with Crippen molar-refractivity contribution in [1.29, 1.82) is 0 Å². The Morgan fingerprint density at radius 1 is 1.50 bits per heavy atom. The predicted octanol–water partition coefficient (Wildman–Crippen LogP) is 0.892. The van der Waals surface area contributed by atoms with Crippen LogP contribution in [0.3, 0.4) is 0 Å². The maximum absolute atomic E-state index is 11.4. The van der Waals surface area contributed by atoms with E-state index in [-0.39, 0.29) is 28.2 Å². The molecule has 2 aromatic heterocycles. The first kappa shape index (κ1) is 13.9. The van der Waals surface area contributed by atoms with Gasteiger partial charge in [0.25, 0.3) is 5.91 Å². The van der Waals surface area contributed by atoms with E-state index in [1.807, 2.05) is 0 Å². The molecule has 0 bridgehead atoms. The Morgan fingerprint density at radius 3 is 2.80 bits per heavy atom. The number of hydrogen-bond acceptors (Lipinski definition) is 6. The molecule has 2 heterocycles. The molecule has 0 aromatic carbocycles. The summed E-state index contributed by atoms with van der Waals surface area (Å²) in [5.41, 5.74) is -0.0999. The third-order valence-corrected chi connectivity index (χ3v) is 2.63. The molecule has 1 N–H and O–H groups in total. The van der Waals surface area contributed by atoms with Crippen molar-refractivity contribution in [3.05, 3.63) is 39.0 Å². The number of aryl methyl sites for hydroxylation is 1. The van der Waals surface area contributed by atoms with Gasteiger partial charge in [-0.3, -0.25) is 14.9 Å². The van der Waals surface area contributed by atoms with Gasteiger partial charge in [0.05, 0.1) is 4.92 Å². The van der Waals surface area contributed by atoms with E-state index in [0.29, 0.717) is 0 Å². The Bertz CT molecular complexity index is 698. The zero-order chi connectivity index (χ0) is 14.9. The molecule has 0 spiro atoms. The van der Waals surface area contributed by atoms with Gasteiger partial charge in [-0.25, -0.2) is 9.67 Å². The van der Waals surface area contributed by atoms with Gasteiger partial charge in [-0.15, -0.1) is 0 Å². The monoisotopic (exact) mass is 296 g/mol. The van der Waals surface area contributed by atoms with E-state index >= 15 is 0 Å². The van der Waals surface area contributed by atoms with Crippen LogP contribution in [0, 0.1) is 17.0 Å². The highest BCUT2D eigenvalue weighted by Crippen LogP contribution is 2.24. The number of nitro groups is 1. The maximum atomic E-state index is 11.4. The summed E-state index contributed by atoms with van der Waals surface area (Å²) in [7, 11) is 1.45. The van der Waals surface area contributed by atoms with Crippen molar-refractivity contribution in [1.82, 2.24) is 25.1 Å². The molecule has 0 atom stereocenters. The predicted molar refractivity (Wildman–Crippen MR) is 68.9 cm³/mol. The molecule has 1 amide bonds. The zero-order valence-electron chi connectivity index (χ0n) is 10.5. The van der Waals surface area contributed by atoms with Gasteiger partial charge in [0.15, 0.2) is 5.69 Å². The second kappa shape index (κ2) is 5.21. The number of aromatic nitrogens is 4. The molecule has 20 heavy (non-hydrogen) atoms. The summed E-state index contributed by atoms with van der Waals surface area (Å²) in [6, 6.07) is 1.41.